The van der Waals surface area contributed by atoms with Crippen molar-refractivity contribution in [3.8, 4) is 5.75 Å². The number of Topliss-reactive ketones (excluding diaryl/α,β-unsaturated/α-hetero) is 1. The number of carbonyl (C=O) groups is 1. The number of carbonyl (C=O) groups excluding carboxylic acids is 1. The molecule has 108 valence electrons. The lowest BCUT2D eigenvalue weighted by Crippen LogP contribution is -2.17. The summed E-state index contributed by atoms with van der Waals surface area (Å²) in [6, 6.07) is 11.0. The Labute approximate surface area is 121 Å². The van der Waals surface area contributed by atoms with Gasteiger partial charge in [-0.3, -0.25) is 19.9 Å². The average molecular weight is 286 g/mol. The number of hydrogen-bond acceptors (Lipinski definition) is 5. The molecule has 1 N–H and O–H groups in total. The highest BCUT2D eigenvalue weighted by Crippen LogP contribution is 2.21. The van der Waals surface area contributed by atoms with E-state index in [0.29, 0.717) is 11.3 Å². The minimum absolute atomic E-state index is 0.00275. The van der Waals surface area contributed by atoms with Crippen LogP contribution < -0.4 is 0 Å². The largest absolute Gasteiger partial charge is 0.508 e. The van der Waals surface area contributed by atoms with Crippen LogP contribution >= 0.6 is 0 Å². The van der Waals surface area contributed by atoms with Gasteiger partial charge in [-0.05, 0) is 36.4 Å². The molecule has 0 aliphatic carbocycles. The normalized spacial score (nSPS) is 11.8. The predicted molar refractivity (Wildman–Crippen MR) is 75.9 cm³/mol. The number of rotatable bonds is 6. The van der Waals surface area contributed by atoms with Gasteiger partial charge < -0.3 is 5.11 Å². The third-order valence-electron chi connectivity index (χ3n) is 3.10. The Morgan fingerprint density at radius 2 is 1.95 bits per heavy atom. The zero-order valence-electron chi connectivity index (χ0n) is 11.2. The van der Waals surface area contributed by atoms with Crippen LogP contribution in [0.5, 0.6) is 5.75 Å². The molecule has 2 rings (SSSR count). The molecule has 21 heavy (non-hydrogen) atoms. The molecule has 6 nitrogen and oxygen atoms in total. The minimum atomic E-state index is -0.567. The second-order valence-corrected chi connectivity index (χ2v) is 4.64. The molecule has 1 aromatic heterocycles. The van der Waals surface area contributed by atoms with Gasteiger partial charge in [-0.25, -0.2) is 0 Å². The molecule has 1 unspecified atom stereocenters. The SMILES string of the molecule is O=C(CC(C[N+](=O)[O-])c1ccccn1)c1ccc(O)cc1. The molecule has 0 fully saturated rings. The molecular formula is C15H14N2O4. The summed E-state index contributed by atoms with van der Waals surface area (Å²) < 4.78 is 0. The predicted octanol–water partition coefficient (Wildman–Crippen LogP) is 2.42. The Morgan fingerprint density at radius 1 is 1.24 bits per heavy atom. The molecule has 6 heteroatoms. The highest BCUT2D eigenvalue weighted by Gasteiger charge is 2.23. The molecule has 1 aromatic carbocycles. The highest BCUT2D eigenvalue weighted by molar-refractivity contribution is 5.96. The minimum Gasteiger partial charge on any atom is -0.508 e. The first-order chi connectivity index (χ1) is 10.1. The van der Waals surface area contributed by atoms with Gasteiger partial charge in [0, 0.05) is 23.1 Å². The highest BCUT2D eigenvalue weighted by atomic mass is 16.6. The molecule has 2 aromatic rings. The first-order valence-electron chi connectivity index (χ1n) is 6.41. The van der Waals surface area contributed by atoms with Crippen LogP contribution in [0.2, 0.25) is 0 Å². The second kappa shape index (κ2) is 6.60. The molecule has 0 amide bonds. The van der Waals surface area contributed by atoms with Gasteiger partial charge in [0.2, 0.25) is 6.54 Å². The molecule has 1 heterocycles. The molecule has 0 bridgehead atoms. The summed E-state index contributed by atoms with van der Waals surface area (Å²) in [4.78, 5) is 26.6. The summed E-state index contributed by atoms with van der Waals surface area (Å²) in [6.07, 6.45) is 1.55. The van der Waals surface area contributed by atoms with E-state index in [1.807, 2.05) is 0 Å². The van der Waals surface area contributed by atoms with Crippen molar-refractivity contribution in [1.82, 2.24) is 4.98 Å². The number of nitro groups is 1. The lowest BCUT2D eigenvalue weighted by atomic mass is 9.95. The smallest absolute Gasteiger partial charge is 0.212 e. The third-order valence-corrected chi connectivity index (χ3v) is 3.10. The molecule has 1 atom stereocenters. The Kier molecular flexibility index (Phi) is 4.61. The molecule has 0 radical (unpaired) electrons. The van der Waals surface area contributed by atoms with Crippen LogP contribution in [0.4, 0.5) is 0 Å². The summed E-state index contributed by atoms with van der Waals surface area (Å²) in [7, 11) is 0. The lowest BCUT2D eigenvalue weighted by Gasteiger charge is -2.11. The van der Waals surface area contributed by atoms with Crippen LogP contribution in [0.15, 0.2) is 48.7 Å². The fourth-order valence-corrected chi connectivity index (χ4v) is 2.05. The zero-order chi connectivity index (χ0) is 15.2. The van der Waals surface area contributed by atoms with Crippen LogP contribution in [-0.2, 0) is 0 Å². The van der Waals surface area contributed by atoms with Crippen molar-refractivity contribution in [2.75, 3.05) is 6.54 Å². The summed E-state index contributed by atoms with van der Waals surface area (Å²) in [5.41, 5.74) is 0.943. The van der Waals surface area contributed by atoms with Gasteiger partial charge >= 0.3 is 0 Å². The van der Waals surface area contributed by atoms with Crippen LogP contribution in [0.1, 0.15) is 28.4 Å². The number of pyridine rings is 1. The van der Waals surface area contributed by atoms with Gasteiger partial charge in [0.25, 0.3) is 0 Å². The first kappa shape index (κ1) is 14.6. The molecular weight excluding hydrogens is 272 g/mol. The van der Waals surface area contributed by atoms with E-state index in [0.717, 1.165) is 0 Å². The average Bonchev–Trinajstić information content (AvgIpc) is 2.47. The van der Waals surface area contributed by atoms with Gasteiger partial charge in [-0.1, -0.05) is 6.07 Å². The molecule has 0 saturated heterocycles. The summed E-state index contributed by atoms with van der Waals surface area (Å²) in [5.74, 6) is -0.715. The lowest BCUT2D eigenvalue weighted by molar-refractivity contribution is -0.483. The van der Waals surface area contributed by atoms with Crippen molar-refractivity contribution in [3.05, 3.63) is 70.0 Å². The summed E-state index contributed by atoms with van der Waals surface area (Å²) >= 11 is 0. The van der Waals surface area contributed by atoms with E-state index in [-0.39, 0.29) is 24.5 Å². The van der Waals surface area contributed by atoms with Crippen LogP contribution in [0.3, 0.4) is 0 Å². The number of nitrogens with zero attached hydrogens (tertiary/aromatic N) is 2. The Morgan fingerprint density at radius 3 is 2.52 bits per heavy atom. The Hall–Kier alpha value is -2.76. The quantitative estimate of drug-likeness (QED) is 0.500. The van der Waals surface area contributed by atoms with Gasteiger partial charge in [0.15, 0.2) is 5.78 Å². The molecule has 0 aliphatic rings. The van der Waals surface area contributed by atoms with Crippen molar-refractivity contribution >= 4 is 5.78 Å². The molecule has 0 aliphatic heterocycles. The standard InChI is InChI=1S/C15H14N2O4/c18-13-6-4-11(5-7-13)15(19)9-12(10-17(20)21)14-3-1-2-8-16-14/h1-8,12,18H,9-10H2. The fraction of sp³-hybridized carbons (Fsp3) is 0.200. The van der Waals surface area contributed by atoms with E-state index in [2.05, 4.69) is 4.98 Å². The number of phenolic OH excluding ortho intramolecular Hbond substituents is 1. The molecule has 0 saturated carbocycles. The number of aromatic nitrogens is 1. The Bertz CT molecular complexity index is 626. The van der Waals surface area contributed by atoms with Gasteiger partial charge in [-0.2, -0.15) is 0 Å². The number of aromatic hydroxyl groups is 1. The van der Waals surface area contributed by atoms with E-state index < -0.39 is 10.8 Å². The Balaban J connectivity index is 2.17. The van der Waals surface area contributed by atoms with Gasteiger partial charge in [0.05, 0.1) is 11.6 Å². The third kappa shape index (κ3) is 4.10. The number of ketones is 1. The van der Waals surface area contributed by atoms with E-state index in [1.54, 1.807) is 24.4 Å². The van der Waals surface area contributed by atoms with E-state index >= 15 is 0 Å². The van der Waals surface area contributed by atoms with Crippen molar-refractivity contribution in [2.45, 2.75) is 12.3 Å². The van der Waals surface area contributed by atoms with Crippen LogP contribution in [-0.4, -0.2) is 27.3 Å². The first-order valence-corrected chi connectivity index (χ1v) is 6.41. The monoisotopic (exact) mass is 286 g/mol. The topological polar surface area (TPSA) is 93.3 Å². The van der Waals surface area contributed by atoms with Gasteiger partial charge in [-0.15, -0.1) is 0 Å². The fourth-order valence-electron chi connectivity index (χ4n) is 2.05. The maximum atomic E-state index is 12.2. The second-order valence-electron chi connectivity index (χ2n) is 4.64. The zero-order valence-corrected chi connectivity index (χ0v) is 11.2. The number of benzene rings is 1. The number of hydrogen-bond donors (Lipinski definition) is 1. The van der Waals surface area contributed by atoms with Crippen molar-refractivity contribution in [2.24, 2.45) is 0 Å². The van der Waals surface area contributed by atoms with E-state index in [4.69, 9.17) is 0 Å². The van der Waals surface area contributed by atoms with Gasteiger partial charge in [0.1, 0.15) is 5.75 Å². The molecule has 0 spiro atoms. The number of phenols is 1. The maximum Gasteiger partial charge on any atom is 0.212 e. The summed E-state index contributed by atoms with van der Waals surface area (Å²) in [6.45, 7) is -0.346. The summed E-state index contributed by atoms with van der Waals surface area (Å²) in [5, 5.41) is 20.0. The van der Waals surface area contributed by atoms with Crippen molar-refractivity contribution in [1.29, 1.82) is 0 Å². The van der Waals surface area contributed by atoms with E-state index in [1.165, 1.54) is 24.3 Å². The van der Waals surface area contributed by atoms with Crippen LogP contribution in [0.25, 0.3) is 0 Å². The maximum absolute atomic E-state index is 12.2. The van der Waals surface area contributed by atoms with E-state index in [9.17, 15) is 20.0 Å². The van der Waals surface area contributed by atoms with Crippen LogP contribution in [0, 0.1) is 10.1 Å². The van der Waals surface area contributed by atoms with Crippen molar-refractivity contribution < 1.29 is 14.8 Å². The van der Waals surface area contributed by atoms with Crippen molar-refractivity contribution in [3.63, 3.8) is 0 Å².